The lowest BCUT2D eigenvalue weighted by atomic mass is 10.0. The van der Waals surface area contributed by atoms with E-state index in [-0.39, 0.29) is 50.6 Å². The van der Waals surface area contributed by atoms with Gasteiger partial charge in [-0.25, -0.2) is 4.79 Å². The molecule has 0 unspecified atom stereocenters. The van der Waals surface area contributed by atoms with E-state index in [1.54, 1.807) is 6.92 Å². The number of ether oxygens (including phenoxy) is 3. The molecule has 0 aliphatic carbocycles. The van der Waals surface area contributed by atoms with E-state index < -0.39 is 17.9 Å². The van der Waals surface area contributed by atoms with E-state index in [1.165, 1.54) is 83.5 Å². The first kappa shape index (κ1) is 37.7. The fraction of sp³-hybridized carbons (Fsp3) is 0.719. The SMILES string of the molecule is C=C(C)C(=O)OCCOC(=O)CCC(=O)OCC1=CC=CCN1CCCCCCCCCCCCCCCC.Cl. The van der Waals surface area contributed by atoms with Gasteiger partial charge >= 0.3 is 17.9 Å². The smallest absolute Gasteiger partial charge is 0.333 e. The van der Waals surface area contributed by atoms with Crippen molar-refractivity contribution >= 4 is 30.3 Å². The Hall–Kier alpha value is -2.28. The van der Waals surface area contributed by atoms with E-state index in [0.717, 1.165) is 25.2 Å². The Labute approximate surface area is 249 Å². The van der Waals surface area contributed by atoms with E-state index in [0.29, 0.717) is 0 Å². The van der Waals surface area contributed by atoms with Crippen LogP contribution in [-0.4, -0.2) is 55.7 Å². The van der Waals surface area contributed by atoms with Crippen LogP contribution in [0.1, 0.15) is 117 Å². The number of esters is 3. The number of hydrogen-bond donors (Lipinski definition) is 0. The number of carbonyl (C=O) groups is 3. The maximum Gasteiger partial charge on any atom is 0.333 e. The molecule has 0 saturated carbocycles. The van der Waals surface area contributed by atoms with Crippen LogP contribution in [0.25, 0.3) is 0 Å². The van der Waals surface area contributed by atoms with Gasteiger partial charge in [-0.05, 0) is 19.4 Å². The molecule has 1 aliphatic rings. The van der Waals surface area contributed by atoms with Crippen LogP contribution in [-0.2, 0) is 28.6 Å². The van der Waals surface area contributed by atoms with Gasteiger partial charge in [0.25, 0.3) is 0 Å². The highest BCUT2D eigenvalue weighted by molar-refractivity contribution is 5.87. The summed E-state index contributed by atoms with van der Waals surface area (Å²) in [4.78, 5) is 37.4. The normalized spacial score (nSPS) is 12.3. The van der Waals surface area contributed by atoms with Gasteiger partial charge in [-0.3, -0.25) is 9.59 Å². The molecule has 0 radical (unpaired) electrons. The number of carbonyl (C=O) groups excluding carboxylic acids is 3. The molecule has 0 spiro atoms. The number of allylic oxidation sites excluding steroid dienone is 2. The lowest BCUT2D eigenvalue weighted by Gasteiger charge is -2.28. The third kappa shape index (κ3) is 20.6. The molecule has 0 aromatic carbocycles. The molecule has 8 heteroatoms. The van der Waals surface area contributed by atoms with Crippen LogP contribution in [0, 0.1) is 0 Å². The summed E-state index contributed by atoms with van der Waals surface area (Å²) < 4.78 is 15.2. The van der Waals surface area contributed by atoms with E-state index >= 15 is 0 Å². The van der Waals surface area contributed by atoms with E-state index in [2.05, 4.69) is 24.5 Å². The van der Waals surface area contributed by atoms with E-state index in [9.17, 15) is 14.4 Å². The van der Waals surface area contributed by atoms with Crippen LogP contribution >= 0.6 is 12.4 Å². The molecule has 1 rings (SSSR count). The molecule has 0 aromatic rings. The Bertz CT molecular complexity index is 779. The summed E-state index contributed by atoms with van der Waals surface area (Å²) in [5.41, 5.74) is 1.27. The van der Waals surface area contributed by atoms with Gasteiger partial charge in [0.15, 0.2) is 0 Å². The topological polar surface area (TPSA) is 82.1 Å². The van der Waals surface area contributed by atoms with Crippen molar-refractivity contribution in [2.75, 3.05) is 32.9 Å². The third-order valence-electron chi connectivity index (χ3n) is 6.78. The Morgan fingerprint density at radius 3 is 1.82 bits per heavy atom. The minimum Gasteiger partial charge on any atom is -0.462 e. The van der Waals surface area contributed by atoms with E-state index in [4.69, 9.17) is 14.2 Å². The fourth-order valence-electron chi connectivity index (χ4n) is 4.38. The van der Waals surface area contributed by atoms with Crippen LogP contribution in [0.4, 0.5) is 0 Å². The van der Waals surface area contributed by atoms with Crippen LogP contribution in [0.15, 0.2) is 36.1 Å². The number of nitrogens with zero attached hydrogens (tertiary/aromatic N) is 1. The highest BCUT2D eigenvalue weighted by atomic mass is 35.5. The Balaban J connectivity index is 0.0000152. The molecule has 230 valence electrons. The molecule has 0 bridgehead atoms. The average Bonchev–Trinajstić information content (AvgIpc) is 2.93. The fourth-order valence-corrected chi connectivity index (χ4v) is 4.38. The van der Waals surface area contributed by atoms with Crippen molar-refractivity contribution in [3.05, 3.63) is 36.1 Å². The number of hydrogen-bond acceptors (Lipinski definition) is 7. The summed E-state index contributed by atoms with van der Waals surface area (Å²) in [5.74, 6) is -1.50. The maximum atomic E-state index is 12.1. The van der Waals surface area contributed by atoms with Crippen LogP contribution in [0.3, 0.4) is 0 Å². The molecule has 0 atom stereocenters. The van der Waals surface area contributed by atoms with E-state index in [1.807, 2.05) is 12.2 Å². The zero-order valence-electron chi connectivity index (χ0n) is 25.1. The number of rotatable bonds is 24. The van der Waals surface area contributed by atoms with Crippen LogP contribution in [0.2, 0.25) is 0 Å². The van der Waals surface area contributed by atoms with Gasteiger partial charge in [0.05, 0.1) is 18.5 Å². The summed E-state index contributed by atoms with van der Waals surface area (Å²) in [7, 11) is 0. The van der Waals surface area contributed by atoms with Crippen LogP contribution < -0.4 is 0 Å². The second-order valence-electron chi connectivity index (χ2n) is 10.4. The van der Waals surface area contributed by atoms with Gasteiger partial charge < -0.3 is 19.1 Å². The highest BCUT2D eigenvalue weighted by Crippen LogP contribution is 2.15. The number of unbranched alkanes of at least 4 members (excludes halogenated alkanes) is 13. The molecular formula is C32H54ClNO6. The van der Waals surface area contributed by atoms with Crippen LogP contribution in [0.5, 0.6) is 0 Å². The van der Waals surface area contributed by atoms with Gasteiger partial charge in [0, 0.05) is 18.7 Å². The molecule has 0 aromatic heterocycles. The zero-order valence-corrected chi connectivity index (χ0v) is 25.9. The maximum absolute atomic E-state index is 12.1. The molecule has 40 heavy (non-hydrogen) atoms. The molecule has 7 nitrogen and oxygen atoms in total. The summed E-state index contributed by atoms with van der Waals surface area (Å²) in [6, 6.07) is 0. The molecule has 1 heterocycles. The van der Waals surface area contributed by atoms with Crippen molar-refractivity contribution in [2.45, 2.75) is 117 Å². The molecule has 1 aliphatic heterocycles. The quantitative estimate of drug-likeness (QED) is 0.0500. The van der Waals surface area contributed by atoms with Gasteiger partial charge in [-0.15, -0.1) is 12.4 Å². The summed E-state index contributed by atoms with van der Waals surface area (Å²) >= 11 is 0. The van der Waals surface area contributed by atoms with Crippen molar-refractivity contribution in [3.63, 3.8) is 0 Å². The third-order valence-corrected chi connectivity index (χ3v) is 6.78. The van der Waals surface area contributed by atoms with Crippen molar-refractivity contribution in [3.8, 4) is 0 Å². The lowest BCUT2D eigenvalue weighted by Crippen LogP contribution is -2.29. The Morgan fingerprint density at radius 1 is 0.775 bits per heavy atom. The first-order valence-corrected chi connectivity index (χ1v) is 15.2. The van der Waals surface area contributed by atoms with Gasteiger partial charge in [0.1, 0.15) is 19.8 Å². The van der Waals surface area contributed by atoms with Crippen molar-refractivity contribution in [1.29, 1.82) is 0 Å². The first-order chi connectivity index (χ1) is 18.9. The zero-order chi connectivity index (χ0) is 28.6. The minimum absolute atomic E-state index is 0. The highest BCUT2D eigenvalue weighted by Gasteiger charge is 2.14. The molecule has 0 N–H and O–H groups in total. The second kappa shape index (κ2) is 25.7. The van der Waals surface area contributed by atoms with Gasteiger partial charge in [-0.1, -0.05) is 109 Å². The van der Waals surface area contributed by atoms with Gasteiger partial charge in [0.2, 0.25) is 0 Å². The minimum atomic E-state index is -0.530. The molecule has 0 amide bonds. The second-order valence-corrected chi connectivity index (χ2v) is 10.4. The lowest BCUT2D eigenvalue weighted by molar-refractivity contribution is -0.152. The number of halogens is 1. The summed E-state index contributed by atoms with van der Waals surface area (Å²) in [6.45, 7) is 9.16. The predicted molar refractivity (Wildman–Crippen MR) is 163 cm³/mol. The Morgan fingerprint density at radius 2 is 1.27 bits per heavy atom. The van der Waals surface area contributed by atoms with Gasteiger partial charge in [-0.2, -0.15) is 0 Å². The monoisotopic (exact) mass is 583 g/mol. The largest absolute Gasteiger partial charge is 0.462 e. The Kier molecular flexibility index (Phi) is 24.2. The predicted octanol–water partition coefficient (Wildman–Crippen LogP) is 7.63. The van der Waals surface area contributed by atoms with Crippen molar-refractivity contribution < 1.29 is 28.6 Å². The molecular weight excluding hydrogens is 530 g/mol. The average molecular weight is 584 g/mol. The molecule has 0 fully saturated rings. The van der Waals surface area contributed by atoms with Crippen molar-refractivity contribution in [2.24, 2.45) is 0 Å². The van der Waals surface area contributed by atoms with Crippen molar-refractivity contribution in [1.82, 2.24) is 4.90 Å². The standard InChI is InChI=1S/C32H53NO6.ClH/c1-4-5-6-7-8-9-10-11-12-13-14-15-16-18-23-33-24-19-17-20-29(33)27-39-31(35)22-21-30(34)37-25-26-38-32(36)28(2)3;/h17,19-20H,2,4-16,18,21-27H2,1,3H3;1H. The first-order valence-electron chi connectivity index (χ1n) is 15.2. The summed E-state index contributed by atoms with van der Waals surface area (Å²) in [6.07, 6.45) is 24.8. The summed E-state index contributed by atoms with van der Waals surface area (Å²) in [5, 5.41) is 0. The molecule has 0 saturated heterocycles.